The quantitative estimate of drug-likeness (QED) is 0.749. The van der Waals surface area contributed by atoms with Crippen LogP contribution < -0.4 is 10.6 Å². The molecule has 1 amide bonds. The molecular weight excluding hydrogens is 224 g/mol. The van der Waals surface area contributed by atoms with E-state index in [2.05, 4.69) is 20.2 Å². The summed E-state index contributed by atoms with van der Waals surface area (Å²) in [5, 5.41) is 11.9. The van der Waals surface area contributed by atoms with E-state index in [1.807, 2.05) is 26.2 Å². The number of aromatic nitrogens is 2. The molecule has 0 spiro atoms. The van der Waals surface area contributed by atoms with Crippen LogP contribution in [0.25, 0.3) is 0 Å². The lowest BCUT2D eigenvalue weighted by Gasteiger charge is -2.17. The molecule has 1 aromatic heterocycles. The van der Waals surface area contributed by atoms with Crippen molar-refractivity contribution < 1.29 is 4.79 Å². The predicted molar refractivity (Wildman–Crippen MR) is 64.1 cm³/mol. The van der Waals surface area contributed by atoms with Crippen LogP contribution in [-0.2, 0) is 11.3 Å². The maximum atomic E-state index is 11.5. The number of carbonyl (C=O) groups is 1. The summed E-state index contributed by atoms with van der Waals surface area (Å²) in [5.74, 6) is 0.0737. The van der Waals surface area contributed by atoms with Crippen LogP contribution in [0.15, 0.2) is 5.38 Å². The van der Waals surface area contributed by atoms with Gasteiger partial charge in [-0.15, -0.1) is 5.10 Å². The van der Waals surface area contributed by atoms with Gasteiger partial charge in [0.2, 0.25) is 5.91 Å². The Morgan fingerprint density at radius 1 is 1.44 bits per heavy atom. The second kappa shape index (κ2) is 5.91. The highest BCUT2D eigenvalue weighted by molar-refractivity contribution is 7.03. The second-order valence-corrected chi connectivity index (χ2v) is 5.19. The van der Waals surface area contributed by atoms with Crippen LogP contribution in [0.1, 0.15) is 26.5 Å². The van der Waals surface area contributed by atoms with Gasteiger partial charge in [0.1, 0.15) is 0 Å². The Balaban J connectivity index is 2.06. The van der Waals surface area contributed by atoms with Crippen LogP contribution in [-0.4, -0.2) is 28.6 Å². The third kappa shape index (κ3) is 4.67. The first-order valence-electron chi connectivity index (χ1n) is 5.25. The van der Waals surface area contributed by atoms with E-state index in [4.69, 9.17) is 0 Å². The zero-order chi connectivity index (χ0) is 12.0. The number of hydrogen-bond donors (Lipinski definition) is 2. The van der Waals surface area contributed by atoms with Gasteiger partial charge >= 0.3 is 0 Å². The Labute approximate surface area is 99.8 Å². The number of amides is 1. The molecule has 6 heteroatoms. The largest absolute Gasteiger partial charge is 0.354 e. The molecule has 1 heterocycles. The first-order chi connectivity index (χ1) is 7.50. The van der Waals surface area contributed by atoms with Crippen molar-refractivity contribution in [3.63, 3.8) is 0 Å². The van der Waals surface area contributed by atoms with Gasteiger partial charge in [-0.1, -0.05) is 25.3 Å². The molecule has 0 saturated heterocycles. The fourth-order valence-corrected chi connectivity index (χ4v) is 1.46. The van der Waals surface area contributed by atoms with Crippen LogP contribution in [0.5, 0.6) is 0 Å². The van der Waals surface area contributed by atoms with Gasteiger partial charge in [0.05, 0.1) is 5.69 Å². The zero-order valence-electron chi connectivity index (χ0n) is 9.91. The lowest BCUT2D eigenvalue weighted by atomic mass is 9.96. The first-order valence-corrected chi connectivity index (χ1v) is 6.09. The van der Waals surface area contributed by atoms with Crippen molar-refractivity contribution in [3.8, 4) is 0 Å². The first kappa shape index (κ1) is 13.1. The van der Waals surface area contributed by atoms with Gasteiger partial charge in [0.25, 0.3) is 0 Å². The molecule has 0 aliphatic carbocycles. The zero-order valence-corrected chi connectivity index (χ0v) is 10.7. The maximum Gasteiger partial charge on any atom is 0.225 e. The van der Waals surface area contributed by atoms with Gasteiger partial charge < -0.3 is 10.6 Å². The van der Waals surface area contributed by atoms with E-state index in [-0.39, 0.29) is 11.3 Å². The van der Waals surface area contributed by atoms with E-state index in [0.29, 0.717) is 13.1 Å². The Morgan fingerprint density at radius 2 is 2.19 bits per heavy atom. The number of nitrogens with one attached hydrogen (secondary N) is 2. The minimum absolute atomic E-state index is 0.0737. The second-order valence-electron chi connectivity index (χ2n) is 4.58. The highest BCUT2D eigenvalue weighted by Crippen LogP contribution is 2.11. The number of nitrogens with zero attached hydrogens (tertiary/aromatic N) is 2. The molecule has 16 heavy (non-hydrogen) atoms. The van der Waals surface area contributed by atoms with Crippen molar-refractivity contribution in [3.05, 3.63) is 11.1 Å². The molecule has 0 radical (unpaired) electrons. The standard InChI is InChI=1S/C10H18N4OS/c1-10(2,3)9(15)12-5-4-11-6-8-7-16-14-13-8/h7,11H,4-6H2,1-3H3,(H,12,15). The van der Waals surface area contributed by atoms with Crippen LogP contribution in [0.3, 0.4) is 0 Å². The summed E-state index contributed by atoms with van der Waals surface area (Å²) in [6.07, 6.45) is 0. The van der Waals surface area contributed by atoms with Crippen molar-refractivity contribution in [1.82, 2.24) is 20.2 Å². The highest BCUT2D eigenvalue weighted by Gasteiger charge is 2.19. The van der Waals surface area contributed by atoms with Crippen LogP contribution >= 0.6 is 11.5 Å². The maximum absolute atomic E-state index is 11.5. The third-order valence-corrected chi connectivity index (χ3v) is 2.53. The molecule has 2 N–H and O–H groups in total. The number of carbonyl (C=O) groups excluding carboxylic acids is 1. The third-order valence-electron chi connectivity index (χ3n) is 1.98. The summed E-state index contributed by atoms with van der Waals surface area (Å²) in [4.78, 5) is 11.5. The summed E-state index contributed by atoms with van der Waals surface area (Å²) >= 11 is 1.34. The monoisotopic (exact) mass is 242 g/mol. The minimum atomic E-state index is -0.321. The van der Waals surface area contributed by atoms with E-state index < -0.39 is 0 Å². The summed E-state index contributed by atoms with van der Waals surface area (Å²) in [7, 11) is 0. The Morgan fingerprint density at radius 3 is 2.75 bits per heavy atom. The molecule has 0 atom stereocenters. The molecular formula is C10H18N4OS. The van der Waals surface area contributed by atoms with Gasteiger partial charge in [0.15, 0.2) is 0 Å². The average Bonchev–Trinajstić information content (AvgIpc) is 2.68. The van der Waals surface area contributed by atoms with Crippen LogP contribution in [0.2, 0.25) is 0 Å². The van der Waals surface area contributed by atoms with Gasteiger partial charge in [-0.05, 0) is 11.5 Å². The van der Waals surface area contributed by atoms with Crippen molar-refractivity contribution in [2.45, 2.75) is 27.3 Å². The summed E-state index contributed by atoms with van der Waals surface area (Å²) in [6.45, 7) is 7.76. The number of rotatable bonds is 5. The molecule has 1 aromatic rings. The van der Waals surface area contributed by atoms with E-state index in [1.54, 1.807) is 0 Å². The molecule has 0 bridgehead atoms. The molecule has 90 valence electrons. The Kier molecular flexibility index (Phi) is 4.82. The number of hydrogen-bond acceptors (Lipinski definition) is 5. The minimum Gasteiger partial charge on any atom is -0.354 e. The lowest BCUT2D eigenvalue weighted by molar-refractivity contribution is -0.128. The van der Waals surface area contributed by atoms with E-state index in [1.165, 1.54) is 11.5 Å². The Hall–Kier alpha value is -1.01. The smallest absolute Gasteiger partial charge is 0.225 e. The van der Waals surface area contributed by atoms with Gasteiger partial charge in [0, 0.05) is 30.4 Å². The van der Waals surface area contributed by atoms with Crippen LogP contribution in [0.4, 0.5) is 0 Å². The molecule has 0 aliphatic heterocycles. The molecule has 0 unspecified atom stereocenters. The highest BCUT2D eigenvalue weighted by atomic mass is 32.1. The Bertz CT molecular complexity index is 318. The molecule has 0 fully saturated rings. The summed E-state index contributed by atoms with van der Waals surface area (Å²) < 4.78 is 3.76. The van der Waals surface area contributed by atoms with Gasteiger partial charge in [-0.2, -0.15) is 0 Å². The van der Waals surface area contributed by atoms with E-state index in [0.717, 1.165) is 12.2 Å². The SMILES string of the molecule is CC(C)(C)C(=O)NCCNCc1csnn1. The van der Waals surface area contributed by atoms with Crippen molar-refractivity contribution in [2.75, 3.05) is 13.1 Å². The van der Waals surface area contributed by atoms with Crippen molar-refractivity contribution in [2.24, 2.45) is 5.41 Å². The summed E-state index contributed by atoms with van der Waals surface area (Å²) in [6, 6.07) is 0. The molecule has 1 rings (SSSR count). The van der Waals surface area contributed by atoms with Gasteiger partial charge in [-0.3, -0.25) is 4.79 Å². The fraction of sp³-hybridized carbons (Fsp3) is 0.700. The topological polar surface area (TPSA) is 66.9 Å². The predicted octanol–water partition coefficient (Wildman–Crippen LogP) is 0.790. The van der Waals surface area contributed by atoms with E-state index >= 15 is 0 Å². The molecule has 0 aliphatic rings. The van der Waals surface area contributed by atoms with E-state index in [9.17, 15) is 4.79 Å². The van der Waals surface area contributed by atoms with Crippen LogP contribution in [0, 0.1) is 5.41 Å². The summed E-state index contributed by atoms with van der Waals surface area (Å²) in [5.41, 5.74) is 0.617. The fourth-order valence-electron chi connectivity index (χ4n) is 1.01. The average molecular weight is 242 g/mol. The molecule has 0 saturated carbocycles. The van der Waals surface area contributed by atoms with Crippen molar-refractivity contribution in [1.29, 1.82) is 0 Å². The van der Waals surface area contributed by atoms with Crippen molar-refractivity contribution >= 4 is 17.4 Å². The normalized spacial score (nSPS) is 11.4. The van der Waals surface area contributed by atoms with Gasteiger partial charge in [-0.25, -0.2) is 0 Å². The lowest BCUT2D eigenvalue weighted by Crippen LogP contribution is -2.38. The molecule has 5 nitrogen and oxygen atoms in total. The molecule has 0 aromatic carbocycles.